The van der Waals surface area contributed by atoms with E-state index in [2.05, 4.69) is 162 Å². The molecule has 9 atom stereocenters. The van der Waals surface area contributed by atoms with Crippen LogP contribution in [0.15, 0.2) is 5.16 Å². The third-order valence-electron chi connectivity index (χ3n) is 7.47. The number of hydrogen-bond acceptors (Lipinski definition) is 12. The zero-order valence-corrected chi connectivity index (χ0v) is 49.1. The molecular weight excluding hydrogens is 859 g/mol. The molecule has 0 aromatic carbocycles. The SMILES string of the molecule is CO/N=C/[C@@H](O[Si](C)(C)C)[C@H](O[Si](C)(C)C)[C@@H](O[Si](C)(C)C)[C@H](CO[C@@H]1O[C@@H](CO[Si](C)(C)C)[C@H](O[Si](C)(C)C)[C@@H](O[Si](C)(C)C)[C@@H]1O[Si](C)(C)C)O[Si](C)(C)C. The van der Waals surface area contributed by atoms with E-state index in [1.165, 1.54) is 0 Å². The Morgan fingerprint density at radius 2 is 0.912 bits per heavy atom. The Kier molecular flexibility index (Phi) is 21.0. The van der Waals surface area contributed by atoms with Crippen LogP contribution in [0.1, 0.15) is 0 Å². The van der Waals surface area contributed by atoms with Crippen LogP contribution in [0.3, 0.4) is 0 Å². The van der Waals surface area contributed by atoms with E-state index < -0.39 is 122 Å². The van der Waals surface area contributed by atoms with Crippen molar-refractivity contribution in [3.63, 3.8) is 0 Å². The van der Waals surface area contributed by atoms with Crippen molar-refractivity contribution in [2.24, 2.45) is 5.16 Å². The molecule has 0 aromatic rings. The van der Waals surface area contributed by atoms with E-state index in [1.807, 2.05) is 0 Å². The Labute approximate surface area is 358 Å². The third kappa shape index (κ3) is 24.9. The second-order valence-corrected chi connectivity index (χ2v) is 58.9. The first-order valence-electron chi connectivity index (χ1n) is 20.9. The Hall–Kier alpha value is 0.805. The molecule has 1 saturated heterocycles. The molecule has 20 heteroatoms. The van der Waals surface area contributed by atoms with Gasteiger partial charge in [-0.25, -0.2) is 0 Å². The molecule has 0 unspecified atom stereocenters. The second-order valence-electron chi connectivity index (χ2n) is 23.2. The maximum atomic E-state index is 7.20. The van der Waals surface area contributed by atoms with Gasteiger partial charge >= 0.3 is 0 Å². The van der Waals surface area contributed by atoms with Crippen LogP contribution in [0.5, 0.6) is 0 Å². The van der Waals surface area contributed by atoms with E-state index in [9.17, 15) is 0 Å². The summed E-state index contributed by atoms with van der Waals surface area (Å²) in [6.07, 6.45) is -3.12. The van der Waals surface area contributed by atoms with Gasteiger partial charge < -0.3 is 49.7 Å². The van der Waals surface area contributed by atoms with Crippen LogP contribution in [-0.4, -0.2) is 148 Å². The molecule has 0 radical (unpaired) electrons. The molecule has 0 aromatic heterocycles. The van der Waals surface area contributed by atoms with E-state index in [4.69, 9.17) is 49.7 Å². The molecule has 1 heterocycles. The largest absolute Gasteiger partial charge is 0.415 e. The van der Waals surface area contributed by atoms with Crippen molar-refractivity contribution in [3.8, 4) is 0 Å². The van der Waals surface area contributed by atoms with Crippen LogP contribution in [0.2, 0.25) is 157 Å². The molecular formula is C37H89NO11Si8. The van der Waals surface area contributed by atoms with Gasteiger partial charge in [0.25, 0.3) is 0 Å². The summed E-state index contributed by atoms with van der Waals surface area (Å²) in [5.41, 5.74) is 0. The second kappa shape index (κ2) is 21.5. The van der Waals surface area contributed by atoms with Crippen molar-refractivity contribution in [1.29, 1.82) is 0 Å². The first-order valence-corrected chi connectivity index (χ1v) is 48.2. The van der Waals surface area contributed by atoms with Crippen LogP contribution in [0.25, 0.3) is 0 Å². The predicted molar refractivity (Wildman–Crippen MR) is 257 cm³/mol. The highest BCUT2D eigenvalue weighted by Crippen LogP contribution is 2.36. The van der Waals surface area contributed by atoms with Gasteiger partial charge in [-0.15, -0.1) is 0 Å². The van der Waals surface area contributed by atoms with Gasteiger partial charge in [-0.1, -0.05) is 5.16 Å². The first kappa shape index (κ1) is 55.8. The Morgan fingerprint density at radius 3 is 1.32 bits per heavy atom. The fourth-order valence-electron chi connectivity index (χ4n) is 6.15. The summed E-state index contributed by atoms with van der Waals surface area (Å²) >= 11 is 0. The minimum Gasteiger partial charge on any atom is -0.415 e. The summed E-state index contributed by atoms with van der Waals surface area (Å²) in [6, 6.07) is 0. The van der Waals surface area contributed by atoms with Crippen molar-refractivity contribution in [2.45, 2.75) is 212 Å². The number of hydrogen-bond donors (Lipinski definition) is 0. The molecule has 0 bridgehead atoms. The Bertz CT molecular complexity index is 1210. The lowest BCUT2D eigenvalue weighted by Gasteiger charge is -2.51. The van der Waals surface area contributed by atoms with E-state index >= 15 is 0 Å². The maximum Gasteiger partial charge on any atom is 0.185 e. The lowest BCUT2D eigenvalue weighted by Crippen LogP contribution is -2.67. The summed E-state index contributed by atoms with van der Waals surface area (Å²) in [6.45, 7) is 53.1. The molecule has 12 nitrogen and oxygen atoms in total. The van der Waals surface area contributed by atoms with Crippen LogP contribution in [-0.2, 0) is 49.7 Å². The van der Waals surface area contributed by atoms with Gasteiger partial charge in [0, 0.05) is 0 Å². The Balaban J connectivity index is 4.09. The quantitative estimate of drug-likeness (QED) is 0.0495. The summed E-state index contributed by atoms with van der Waals surface area (Å²) < 4.78 is 70.3. The lowest BCUT2D eigenvalue weighted by molar-refractivity contribution is -0.296. The summed E-state index contributed by atoms with van der Waals surface area (Å²) in [7, 11) is -15.7. The van der Waals surface area contributed by atoms with E-state index in [0.29, 0.717) is 6.61 Å². The molecule has 0 amide bonds. The zero-order chi connectivity index (χ0) is 44.8. The maximum absolute atomic E-state index is 7.20. The normalized spacial score (nSPS) is 24.8. The molecule has 1 aliphatic rings. The number of rotatable bonds is 25. The van der Waals surface area contributed by atoms with Crippen LogP contribution in [0.4, 0.5) is 0 Å². The van der Waals surface area contributed by atoms with E-state index in [1.54, 1.807) is 13.3 Å². The smallest absolute Gasteiger partial charge is 0.185 e. The van der Waals surface area contributed by atoms with E-state index in [0.717, 1.165) is 0 Å². The number of oxime groups is 1. The topological polar surface area (TPSA) is 114 Å². The molecule has 0 aliphatic carbocycles. The van der Waals surface area contributed by atoms with E-state index in [-0.39, 0.29) is 6.61 Å². The van der Waals surface area contributed by atoms with Gasteiger partial charge in [0.05, 0.1) is 31.6 Å². The van der Waals surface area contributed by atoms with Crippen molar-refractivity contribution in [3.05, 3.63) is 0 Å². The monoisotopic (exact) mass is 947 g/mol. The van der Waals surface area contributed by atoms with Gasteiger partial charge in [-0.05, 0) is 157 Å². The van der Waals surface area contributed by atoms with Crippen LogP contribution < -0.4 is 0 Å². The minimum atomic E-state index is -2.25. The minimum absolute atomic E-state index is 0.156. The first-order chi connectivity index (χ1) is 25.2. The molecule has 0 spiro atoms. The van der Waals surface area contributed by atoms with Crippen LogP contribution in [0, 0.1) is 0 Å². The fourth-order valence-corrected chi connectivity index (χ4v) is 14.4. The Morgan fingerprint density at radius 1 is 0.491 bits per heavy atom. The van der Waals surface area contributed by atoms with Gasteiger partial charge in [-0.3, -0.25) is 0 Å². The average Bonchev–Trinajstić information content (AvgIpc) is 2.92. The van der Waals surface area contributed by atoms with Gasteiger partial charge in [0.1, 0.15) is 43.7 Å². The summed E-state index contributed by atoms with van der Waals surface area (Å²) in [4.78, 5) is 5.23. The highest BCUT2D eigenvalue weighted by molar-refractivity contribution is 6.72. The van der Waals surface area contributed by atoms with Gasteiger partial charge in [-0.2, -0.15) is 0 Å². The van der Waals surface area contributed by atoms with Crippen molar-refractivity contribution >= 4 is 72.8 Å². The van der Waals surface area contributed by atoms with Crippen molar-refractivity contribution in [1.82, 2.24) is 0 Å². The number of nitrogens with zero attached hydrogens (tertiary/aromatic N) is 1. The fraction of sp³-hybridized carbons (Fsp3) is 0.973. The average molecular weight is 949 g/mol. The molecule has 1 fully saturated rings. The van der Waals surface area contributed by atoms with Crippen LogP contribution >= 0.6 is 0 Å². The molecule has 340 valence electrons. The van der Waals surface area contributed by atoms with Crippen molar-refractivity contribution < 1.29 is 49.7 Å². The van der Waals surface area contributed by atoms with Crippen molar-refractivity contribution in [2.75, 3.05) is 20.3 Å². The molecule has 1 aliphatic heterocycles. The highest BCUT2D eigenvalue weighted by Gasteiger charge is 2.53. The zero-order valence-electron chi connectivity index (χ0n) is 41.1. The molecule has 0 saturated carbocycles. The lowest BCUT2D eigenvalue weighted by atomic mass is 9.99. The summed E-state index contributed by atoms with van der Waals surface area (Å²) in [5, 5.41) is 4.23. The molecule has 57 heavy (non-hydrogen) atoms. The summed E-state index contributed by atoms with van der Waals surface area (Å²) in [5.74, 6) is 0. The highest BCUT2D eigenvalue weighted by atomic mass is 28.4. The van der Waals surface area contributed by atoms with Gasteiger partial charge in [0.2, 0.25) is 0 Å². The molecule has 0 N–H and O–H groups in total. The standard InChI is InChI=1S/C37H89NO11Si8/c1-39-38-26-29(43-51(5,6)7)32(45-53(11,12)13)34(47-55(17,18)19)31(44-52(8,9)10)27-40-37-36(49-57(23,24)25)35(48-56(20,21)22)33(46-54(14,15)16)30(42-37)28-41-50(2,3)4/h26,29-37H,27-28H2,1-25H3/b38-26+/t29-,30+,31+,32+,33+,34+,35-,36+,37-/m1/s1. The third-order valence-corrected chi connectivity index (χ3v) is 15.4. The van der Waals surface area contributed by atoms with Gasteiger partial charge in [0.15, 0.2) is 72.8 Å². The molecule has 1 rings (SSSR count). The number of ether oxygens (including phenoxy) is 2. The predicted octanol–water partition coefficient (Wildman–Crippen LogP) is 9.75.